The smallest absolute Gasteiger partial charge is 0.243 e. The van der Waals surface area contributed by atoms with Crippen molar-refractivity contribution in [2.75, 3.05) is 35.7 Å². The second-order valence-corrected chi connectivity index (χ2v) is 7.29. The zero-order chi connectivity index (χ0) is 23.3. The van der Waals surface area contributed by atoms with Gasteiger partial charge in [0.25, 0.3) is 0 Å². The van der Waals surface area contributed by atoms with E-state index in [4.69, 9.17) is 9.47 Å². The van der Waals surface area contributed by atoms with E-state index in [9.17, 15) is 9.59 Å². The Balaban J connectivity index is 1.47. The summed E-state index contributed by atoms with van der Waals surface area (Å²) in [7, 11) is 0. The van der Waals surface area contributed by atoms with E-state index in [0.717, 1.165) is 17.9 Å². The number of carbonyl (C=O) groups is 2. The molecule has 3 N–H and O–H groups in total. The maximum atomic E-state index is 12.5. The molecule has 0 spiro atoms. The van der Waals surface area contributed by atoms with Crippen LogP contribution in [0.4, 0.5) is 17.1 Å². The molecule has 0 bridgehead atoms. The van der Waals surface area contributed by atoms with E-state index < -0.39 is 0 Å². The van der Waals surface area contributed by atoms with Crippen molar-refractivity contribution in [2.24, 2.45) is 0 Å². The number of rotatable bonds is 12. The molecule has 33 heavy (non-hydrogen) atoms. The Morgan fingerprint density at radius 3 is 2.30 bits per heavy atom. The fourth-order valence-electron chi connectivity index (χ4n) is 3.06. The van der Waals surface area contributed by atoms with Gasteiger partial charge in [-0.05, 0) is 48.9 Å². The minimum absolute atomic E-state index is 0.0295. The van der Waals surface area contributed by atoms with Crippen LogP contribution in [0.25, 0.3) is 0 Å². The number of benzene rings is 3. The van der Waals surface area contributed by atoms with Gasteiger partial charge >= 0.3 is 0 Å². The summed E-state index contributed by atoms with van der Waals surface area (Å²) >= 11 is 0. The molecule has 3 aromatic rings. The van der Waals surface area contributed by atoms with Crippen molar-refractivity contribution in [3.63, 3.8) is 0 Å². The van der Waals surface area contributed by atoms with Crippen LogP contribution in [0, 0.1) is 0 Å². The highest BCUT2D eigenvalue weighted by Crippen LogP contribution is 2.24. The molecule has 0 fully saturated rings. The van der Waals surface area contributed by atoms with E-state index in [1.54, 1.807) is 18.2 Å². The van der Waals surface area contributed by atoms with Crippen LogP contribution in [-0.4, -0.2) is 31.6 Å². The van der Waals surface area contributed by atoms with Crippen molar-refractivity contribution in [2.45, 2.75) is 19.8 Å². The molecule has 0 atom stereocenters. The number of ether oxygens (including phenoxy) is 2. The Labute approximate surface area is 194 Å². The topological polar surface area (TPSA) is 88.7 Å². The highest BCUT2D eigenvalue weighted by atomic mass is 16.5. The number of nitrogens with one attached hydrogen (secondary N) is 3. The van der Waals surface area contributed by atoms with Crippen LogP contribution in [0.1, 0.15) is 19.8 Å². The minimum atomic E-state index is -0.216. The fourth-order valence-corrected chi connectivity index (χ4v) is 3.06. The number of hydrogen-bond acceptors (Lipinski definition) is 5. The zero-order valence-electron chi connectivity index (χ0n) is 18.7. The van der Waals surface area contributed by atoms with Crippen molar-refractivity contribution in [1.29, 1.82) is 0 Å². The van der Waals surface area contributed by atoms with Crippen LogP contribution in [-0.2, 0) is 9.59 Å². The van der Waals surface area contributed by atoms with Gasteiger partial charge in [0.2, 0.25) is 11.8 Å². The van der Waals surface area contributed by atoms with E-state index in [-0.39, 0.29) is 18.4 Å². The Morgan fingerprint density at radius 1 is 0.758 bits per heavy atom. The molecule has 0 saturated carbocycles. The van der Waals surface area contributed by atoms with Crippen LogP contribution >= 0.6 is 0 Å². The number of amides is 2. The van der Waals surface area contributed by atoms with Crippen LogP contribution in [0.2, 0.25) is 0 Å². The molecule has 0 radical (unpaired) electrons. The first-order chi connectivity index (χ1) is 16.1. The molecule has 7 heteroatoms. The maximum absolute atomic E-state index is 12.5. The molecule has 0 aliphatic rings. The zero-order valence-corrected chi connectivity index (χ0v) is 18.7. The lowest BCUT2D eigenvalue weighted by Gasteiger charge is -2.14. The van der Waals surface area contributed by atoms with E-state index in [0.29, 0.717) is 36.8 Å². The maximum Gasteiger partial charge on any atom is 0.243 e. The molecule has 172 valence electrons. The van der Waals surface area contributed by atoms with Crippen LogP contribution in [0.3, 0.4) is 0 Å². The van der Waals surface area contributed by atoms with Gasteiger partial charge in [0, 0.05) is 17.8 Å². The summed E-state index contributed by atoms with van der Waals surface area (Å²) in [6, 6.07) is 24.1. The second-order valence-electron chi connectivity index (χ2n) is 7.29. The molecule has 0 saturated heterocycles. The fraction of sp³-hybridized carbons (Fsp3) is 0.231. The van der Waals surface area contributed by atoms with E-state index >= 15 is 0 Å². The van der Waals surface area contributed by atoms with Gasteiger partial charge in [-0.2, -0.15) is 0 Å². The summed E-state index contributed by atoms with van der Waals surface area (Å²) in [6.45, 7) is 2.76. The average Bonchev–Trinajstić information content (AvgIpc) is 2.82. The van der Waals surface area contributed by atoms with Gasteiger partial charge in [-0.25, -0.2) is 0 Å². The van der Waals surface area contributed by atoms with Crippen molar-refractivity contribution in [3.8, 4) is 11.5 Å². The molecule has 0 heterocycles. The number of anilines is 3. The quantitative estimate of drug-likeness (QED) is 0.343. The summed E-state index contributed by atoms with van der Waals surface area (Å²) in [5.74, 6) is 1.11. The van der Waals surface area contributed by atoms with Crippen molar-refractivity contribution in [3.05, 3.63) is 78.9 Å². The van der Waals surface area contributed by atoms with E-state index in [1.807, 2.05) is 67.6 Å². The summed E-state index contributed by atoms with van der Waals surface area (Å²) in [5, 5.41) is 8.79. The first-order valence-electron chi connectivity index (χ1n) is 11.0. The van der Waals surface area contributed by atoms with E-state index in [1.165, 1.54) is 0 Å². The van der Waals surface area contributed by atoms with Crippen molar-refractivity contribution >= 4 is 28.9 Å². The Hall–Kier alpha value is -4.00. The standard InChI is InChI=1S/C26H29N3O4/c1-2-9-25(30)28-21-11-8-10-20(18-21)27-19-26(31)29-23-14-6-7-15-24(23)33-17-16-32-22-12-4-3-5-13-22/h3-8,10-15,18,27H,2,9,16-17,19H2,1H3,(H,28,30)(H,29,31). The van der Waals surface area contributed by atoms with Crippen molar-refractivity contribution in [1.82, 2.24) is 0 Å². The monoisotopic (exact) mass is 447 g/mol. The molecule has 2 amide bonds. The van der Waals surface area contributed by atoms with Gasteiger partial charge in [0.05, 0.1) is 12.2 Å². The van der Waals surface area contributed by atoms with Gasteiger partial charge < -0.3 is 25.4 Å². The molecule has 0 aliphatic carbocycles. The van der Waals surface area contributed by atoms with Gasteiger partial charge in [0.15, 0.2) is 0 Å². The third-order valence-electron chi connectivity index (χ3n) is 4.59. The molecule has 0 aliphatic heterocycles. The highest BCUT2D eigenvalue weighted by molar-refractivity contribution is 5.95. The van der Waals surface area contributed by atoms with Crippen LogP contribution < -0.4 is 25.4 Å². The van der Waals surface area contributed by atoms with Crippen LogP contribution in [0.15, 0.2) is 78.9 Å². The number of carbonyl (C=O) groups excluding carboxylic acids is 2. The Bertz CT molecular complexity index is 1040. The molecule has 0 aromatic heterocycles. The molecular formula is C26H29N3O4. The molecule has 3 rings (SSSR count). The number of para-hydroxylation sites is 3. The van der Waals surface area contributed by atoms with Crippen molar-refractivity contribution < 1.29 is 19.1 Å². The summed E-state index contributed by atoms with van der Waals surface area (Å²) in [6.07, 6.45) is 1.26. The highest BCUT2D eigenvalue weighted by Gasteiger charge is 2.08. The van der Waals surface area contributed by atoms with Crippen LogP contribution in [0.5, 0.6) is 11.5 Å². The predicted molar refractivity (Wildman–Crippen MR) is 131 cm³/mol. The average molecular weight is 448 g/mol. The third-order valence-corrected chi connectivity index (χ3v) is 4.59. The van der Waals surface area contributed by atoms with Gasteiger partial charge in [-0.15, -0.1) is 0 Å². The van der Waals surface area contributed by atoms with Gasteiger partial charge in [-0.3, -0.25) is 9.59 Å². The summed E-state index contributed by atoms with van der Waals surface area (Å²) in [5.41, 5.74) is 2.02. The normalized spacial score (nSPS) is 10.2. The molecule has 0 unspecified atom stereocenters. The Kier molecular flexibility index (Phi) is 9.15. The molecule has 3 aromatic carbocycles. The Morgan fingerprint density at radius 2 is 1.48 bits per heavy atom. The third kappa shape index (κ3) is 8.22. The van der Waals surface area contributed by atoms with Gasteiger partial charge in [0.1, 0.15) is 24.7 Å². The largest absolute Gasteiger partial charge is 0.490 e. The molecular weight excluding hydrogens is 418 g/mol. The lowest BCUT2D eigenvalue weighted by molar-refractivity contribution is -0.116. The van der Waals surface area contributed by atoms with E-state index in [2.05, 4.69) is 16.0 Å². The lowest BCUT2D eigenvalue weighted by atomic mass is 10.2. The number of hydrogen-bond donors (Lipinski definition) is 3. The SMILES string of the molecule is CCCC(=O)Nc1cccc(NCC(=O)Nc2ccccc2OCCOc2ccccc2)c1. The second kappa shape index (κ2) is 12.8. The first kappa shape index (κ1) is 23.7. The lowest BCUT2D eigenvalue weighted by Crippen LogP contribution is -2.22. The first-order valence-corrected chi connectivity index (χ1v) is 11.0. The minimum Gasteiger partial charge on any atom is -0.490 e. The van der Waals surface area contributed by atoms with Gasteiger partial charge in [-0.1, -0.05) is 43.3 Å². The summed E-state index contributed by atoms with van der Waals surface area (Å²) < 4.78 is 11.4. The molecule has 7 nitrogen and oxygen atoms in total. The summed E-state index contributed by atoms with van der Waals surface area (Å²) in [4.78, 5) is 24.3. The predicted octanol–water partition coefficient (Wildman–Crippen LogP) is 4.93.